The number of phenols is 1. The van der Waals surface area contributed by atoms with Gasteiger partial charge in [-0.05, 0) is 120 Å². The lowest BCUT2D eigenvalue weighted by atomic mass is 9.84. The quantitative estimate of drug-likeness (QED) is 0.348. The van der Waals surface area contributed by atoms with Gasteiger partial charge in [0.1, 0.15) is 11.8 Å². The first kappa shape index (κ1) is 21.1. The van der Waals surface area contributed by atoms with Crippen LogP contribution in [-0.2, 0) is 10.4 Å². The van der Waals surface area contributed by atoms with Crippen molar-refractivity contribution in [3.05, 3.63) is 44.1 Å². The molecule has 0 saturated heterocycles. The molecule has 0 saturated carbocycles. The fourth-order valence-corrected chi connectivity index (χ4v) is 6.77. The molecule has 24 heavy (non-hydrogen) atoms. The Kier molecular flexibility index (Phi) is 7.24. The third-order valence-corrected chi connectivity index (χ3v) is 7.62. The van der Waals surface area contributed by atoms with E-state index in [1.54, 1.807) is 12.1 Å². The Morgan fingerprint density at radius 3 is 2.04 bits per heavy atom. The molecule has 1 aliphatic rings. The highest BCUT2D eigenvalue weighted by Gasteiger charge is 2.40. The molecule has 0 fully saturated rings. The van der Waals surface area contributed by atoms with Crippen LogP contribution in [0.15, 0.2) is 31.4 Å². The minimum Gasteiger partial charge on any atom is -0.506 e. The predicted octanol–water partition coefficient (Wildman–Crippen LogP) is 3.86. The fourth-order valence-electron chi connectivity index (χ4n) is 2.36. The minimum absolute atomic E-state index is 0.148. The predicted molar refractivity (Wildman–Crippen MR) is 125 cm³/mol. The second kappa shape index (κ2) is 8.22. The molecule has 0 spiro atoms. The Morgan fingerprint density at radius 1 is 1.17 bits per heavy atom. The number of aromatic hydroxyl groups is 1. The number of hydrogen-bond acceptors (Lipinski definition) is 4. The number of benzene rings is 1. The summed E-state index contributed by atoms with van der Waals surface area (Å²) in [6.07, 6.45) is 3.96. The van der Waals surface area contributed by atoms with Crippen LogP contribution in [0.25, 0.3) is 0 Å². The minimum atomic E-state index is -1.29. The zero-order chi connectivity index (χ0) is 18.2. The van der Waals surface area contributed by atoms with E-state index in [0.29, 0.717) is 19.9 Å². The smallest absolute Gasteiger partial charge is 0.320 e. The van der Waals surface area contributed by atoms with Crippen LogP contribution in [0, 0.1) is 13.1 Å². The molecular formula is C15H13I4NO4. The molecule has 0 heterocycles. The summed E-state index contributed by atoms with van der Waals surface area (Å²) in [6.45, 7) is 0. The van der Waals surface area contributed by atoms with E-state index in [9.17, 15) is 15.0 Å². The molecule has 1 aromatic rings. The molecule has 1 aliphatic carbocycles. The van der Waals surface area contributed by atoms with Gasteiger partial charge in [-0.2, -0.15) is 0 Å². The van der Waals surface area contributed by atoms with Gasteiger partial charge in [0.2, 0.25) is 0 Å². The molecule has 9 heteroatoms. The van der Waals surface area contributed by atoms with Crippen LogP contribution in [0.4, 0.5) is 0 Å². The van der Waals surface area contributed by atoms with Crippen LogP contribution in [0.5, 0.6) is 5.75 Å². The SMILES string of the molecule is NC(CC1C=C(I)C(O)(c2cc(I)c(O)c(I)c2)C(I)=C1)C(=O)O. The van der Waals surface area contributed by atoms with Crippen LogP contribution in [-0.4, -0.2) is 27.3 Å². The molecule has 0 aliphatic heterocycles. The zero-order valence-corrected chi connectivity index (χ0v) is 20.6. The van der Waals surface area contributed by atoms with Crippen LogP contribution >= 0.6 is 90.4 Å². The molecule has 1 aromatic carbocycles. The van der Waals surface area contributed by atoms with E-state index in [4.69, 9.17) is 10.8 Å². The molecule has 1 unspecified atom stereocenters. The molecule has 5 nitrogen and oxygen atoms in total. The number of rotatable bonds is 4. The molecular weight excluding hydrogens is 766 g/mol. The fraction of sp³-hybridized carbons (Fsp3) is 0.267. The van der Waals surface area contributed by atoms with Crippen molar-refractivity contribution in [3.63, 3.8) is 0 Å². The molecule has 0 aromatic heterocycles. The number of aliphatic hydroxyl groups is 1. The molecule has 130 valence electrons. The average Bonchev–Trinajstić information content (AvgIpc) is 2.49. The number of halogens is 4. The zero-order valence-electron chi connectivity index (χ0n) is 12.0. The number of hydrogen-bond donors (Lipinski definition) is 4. The maximum atomic E-state index is 11.3. The van der Waals surface area contributed by atoms with Crippen molar-refractivity contribution in [3.8, 4) is 5.75 Å². The normalized spacial score (nSPS) is 25.0. The Balaban J connectivity index is 2.42. The summed E-state index contributed by atoms with van der Waals surface area (Å²) in [5, 5.41) is 30.2. The molecule has 0 amide bonds. The van der Waals surface area contributed by atoms with Gasteiger partial charge in [0.15, 0.2) is 5.60 Å². The molecule has 0 radical (unpaired) electrons. The van der Waals surface area contributed by atoms with Crippen molar-refractivity contribution < 1.29 is 20.1 Å². The van der Waals surface area contributed by atoms with Crippen molar-refractivity contribution in [2.75, 3.05) is 0 Å². The van der Waals surface area contributed by atoms with Crippen LogP contribution < -0.4 is 5.73 Å². The lowest BCUT2D eigenvalue weighted by Gasteiger charge is -2.34. The summed E-state index contributed by atoms with van der Waals surface area (Å²) in [7, 11) is 0. The number of allylic oxidation sites excluding steroid dienone is 2. The first-order valence-electron chi connectivity index (χ1n) is 6.72. The number of phenolic OH excluding ortho intramolecular Hbond substituents is 1. The highest BCUT2D eigenvalue weighted by Crippen LogP contribution is 2.48. The summed E-state index contributed by atoms with van der Waals surface area (Å²) < 4.78 is 2.69. The largest absolute Gasteiger partial charge is 0.506 e. The van der Waals surface area contributed by atoms with E-state index in [2.05, 4.69) is 45.2 Å². The lowest BCUT2D eigenvalue weighted by molar-refractivity contribution is -0.138. The van der Waals surface area contributed by atoms with E-state index in [1.807, 2.05) is 57.3 Å². The highest BCUT2D eigenvalue weighted by atomic mass is 127. The standard InChI is InChI=1S/C15H13I4NO4/c16-8-4-7(5-9(17)13(8)21)15(24)11(18)2-6(3-12(15)19)1-10(20)14(22)23/h2-6,10,21,24H,1,20H2,(H,22,23). The van der Waals surface area contributed by atoms with E-state index < -0.39 is 17.6 Å². The summed E-state index contributed by atoms with van der Waals surface area (Å²) in [5.41, 5.74) is 4.99. The van der Waals surface area contributed by atoms with Gasteiger partial charge in [0, 0.05) is 7.16 Å². The second-order valence-corrected chi connectivity index (χ2v) is 10.0. The Bertz CT molecular complexity index is 704. The summed E-state index contributed by atoms with van der Waals surface area (Å²) in [6, 6.07) is 2.55. The van der Waals surface area contributed by atoms with Crippen molar-refractivity contribution in [2.24, 2.45) is 11.7 Å². The van der Waals surface area contributed by atoms with Crippen molar-refractivity contribution in [2.45, 2.75) is 18.1 Å². The van der Waals surface area contributed by atoms with Gasteiger partial charge in [-0.25, -0.2) is 0 Å². The lowest BCUT2D eigenvalue weighted by Crippen LogP contribution is -2.34. The van der Waals surface area contributed by atoms with Gasteiger partial charge >= 0.3 is 5.97 Å². The van der Waals surface area contributed by atoms with E-state index in [-0.39, 0.29) is 18.1 Å². The van der Waals surface area contributed by atoms with Gasteiger partial charge in [0.25, 0.3) is 0 Å². The topological polar surface area (TPSA) is 104 Å². The Labute approximate surface area is 193 Å². The van der Waals surface area contributed by atoms with Crippen LogP contribution in [0.1, 0.15) is 12.0 Å². The monoisotopic (exact) mass is 779 g/mol. The van der Waals surface area contributed by atoms with Gasteiger partial charge in [0.05, 0.1) is 7.14 Å². The van der Waals surface area contributed by atoms with Crippen LogP contribution in [0.3, 0.4) is 0 Å². The van der Waals surface area contributed by atoms with Crippen molar-refractivity contribution in [1.82, 2.24) is 0 Å². The van der Waals surface area contributed by atoms with Gasteiger partial charge < -0.3 is 21.1 Å². The second-order valence-electron chi connectivity index (χ2n) is 5.37. The Morgan fingerprint density at radius 2 is 1.62 bits per heavy atom. The average molecular weight is 779 g/mol. The third kappa shape index (κ3) is 4.20. The highest BCUT2D eigenvalue weighted by molar-refractivity contribution is 14.1. The van der Waals surface area contributed by atoms with Gasteiger partial charge in [-0.15, -0.1) is 0 Å². The van der Waals surface area contributed by atoms with Crippen molar-refractivity contribution >= 4 is 96.3 Å². The maximum Gasteiger partial charge on any atom is 0.320 e. The van der Waals surface area contributed by atoms with Crippen molar-refractivity contribution in [1.29, 1.82) is 0 Å². The van der Waals surface area contributed by atoms with E-state index >= 15 is 0 Å². The molecule has 5 N–H and O–H groups in total. The molecule has 2 rings (SSSR count). The van der Waals surface area contributed by atoms with Crippen LogP contribution in [0.2, 0.25) is 0 Å². The third-order valence-electron chi connectivity index (χ3n) is 3.69. The van der Waals surface area contributed by atoms with E-state index in [1.165, 1.54) is 0 Å². The Hall–Kier alpha value is 0.810. The number of carboxylic acids is 1. The molecule has 1 atom stereocenters. The first-order valence-corrected chi connectivity index (χ1v) is 11.0. The van der Waals surface area contributed by atoms with E-state index in [0.717, 1.165) is 0 Å². The number of nitrogens with two attached hydrogens (primary N) is 1. The summed E-state index contributed by atoms with van der Waals surface area (Å²) >= 11 is 8.21. The molecule has 0 bridgehead atoms. The maximum absolute atomic E-state index is 11.3. The number of carbonyl (C=O) groups is 1. The number of carboxylic acid groups (broad SMARTS) is 1. The van der Waals surface area contributed by atoms with Gasteiger partial charge in [-0.1, -0.05) is 12.2 Å². The summed E-state index contributed by atoms with van der Waals surface area (Å²) in [5.74, 6) is -0.988. The first-order chi connectivity index (χ1) is 11.1. The number of aliphatic carboxylic acids is 1. The van der Waals surface area contributed by atoms with Gasteiger partial charge in [-0.3, -0.25) is 4.79 Å². The summed E-state index contributed by atoms with van der Waals surface area (Å²) in [4.78, 5) is 10.9.